The molecule has 0 spiro atoms. The van der Waals surface area contributed by atoms with Crippen LogP contribution in [0.5, 0.6) is 0 Å². The van der Waals surface area contributed by atoms with Crippen LogP contribution in [-0.4, -0.2) is 28.1 Å². The molecule has 0 aliphatic heterocycles. The van der Waals surface area contributed by atoms with Crippen LogP contribution < -0.4 is 10.6 Å². The summed E-state index contributed by atoms with van der Waals surface area (Å²) >= 11 is 0. The van der Waals surface area contributed by atoms with Crippen LogP contribution >= 0.6 is 0 Å². The number of anilines is 1. The van der Waals surface area contributed by atoms with Crippen LogP contribution in [-0.2, 0) is 18.3 Å². The van der Waals surface area contributed by atoms with Crippen molar-refractivity contribution in [3.05, 3.63) is 47.7 Å². The predicted molar refractivity (Wildman–Crippen MR) is 98.4 cm³/mol. The van der Waals surface area contributed by atoms with E-state index in [2.05, 4.69) is 29.6 Å². The summed E-state index contributed by atoms with van der Waals surface area (Å²) in [5.74, 6) is 0.732. The first kappa shape index (κ1) is 18.7. The fourth-order valence-electron chi connectivity index (χ4n) is 2.37. The van der Waals surface area contributed by atoms with Crippen molar-refractivity contribution in [2.24, 2.45) is 13.0 Å². The Morgan fingerprint density at radius 2 is 1.92 bits per heavy atom. The highest BCUT2D eigenvalue weighted by atomic mass is 16.2. The summed E-state index contributed by atoms with van der Waals surface area (Å²) in [7, 11) is 1.71. The van der Waals surface area contributed by atoms with E-state index in [1.165, 1.54) is 4.68 Å². The number of aromatic nitrogens is 2. The number of hydrogen-bond acceptors (Lipinski definition) is 3. The van der Waals surface area contributed by atoms with E-state index >= 15 is 0 Å². The Balaban J connectivity index is 1.86. The molecular formula is C19H26N4O2. The summed E-state index contributed by atoms with van der Waals surface area (Å²) in [6.45, 7) is 4.83. The topological polar surface area (TPSA) is 76.0 Å². The third-order valence-corrected chi connectivity index (χ3v) is 3.87. The normalized spacial score (nSPS) is 10.7. The summed E-state index contributed by atoms with van der Waals surface area (Å²) < 4.78 is 1.51. The third-order valence-electron chi connectivity index (χ3n) is 3.87. The molecule has 2 amide bonds. The van der Waals surface area contributed by atoms with Gasteiger partial charge in [0.05, 0.1) is 0 Å². The van der Waals surface area contributed by atoms with E-state index < -0.39 is 0 Å². The van der Waals surface area contributed by atoms with Gasteiger partial charge in [-0.1, -0.05) is 44.2 Å². The minimum atomic E-state index is -0.221. The number of carbonyl (C=O) groups excluding carboxylic acids is 2. The van der Waals surface area contributed by atoms with Gasteiger partial charge in [0.25, 0.3) is 5.91 Å². The highest BCUT2D eigenvalue weighted by Crippen LogP contribution is 2.11. The first-order valence-corrected chi connectivity index (χ1v) is 8.61. The van der Waals surface area contributed by atoms with E-state index in [-0.39, 0.29) is 11.8 Å². The first-order valence-electron chi connectivity index (χ1n) is 8.61. The number of hydrogen-bond donors (Lipinski definition) is 2. The van der Waals surface area contributed by atoms with Crippen LogP contribution in [0.25, 0.3) is 0 Å². The fraction of sp³-hybridized carbons (Fsp3) is 0.421. The lowest BCUT2D eigenvalue weighted by Gasteiger charge is -2.05. The Morgan fingerprint density at radius 1 is 1.20 bits per heavy atom. The van der Waals surface area contributed by atoms with Gasteiger partial charge in [-0.3, -0.25) is 14.3 Å². The second-order valence-corrected chi connectivity index (χ2v) is 6.51. The monoisotopic (exact) mass is 342 g/mol. The Labute approximate surface area is 148 Å². The minimum absolute atomic E-state index is 0.0985. The van der Waals surface area contributed by atoms with E-state index in [0.717, 1.165) is 12.0 Å². The van der Waals surface area contributed by atoms with Gasteiger partial charge in [-0.15, -0.1) is 0 Å². The maximum Gasteiger partial charge on any atom is 0.271 e. The fourth-order valence-corrected chi connectivity index (χ4v) is 2.37. The highest BCUT2D eigenvalue weighted by molar-refractivity contribution is 5.95. The van der Waals surface area contributed by atoms with Gasteiger partial charge >= 0.3 is 0 Å². The molecule has 1 heterocycles. The summed E-state index contributed by atoms with van der Waals surface area (Å²) in [6, 6.07) is 11.5. The molecule has 0 unspecified atom stereocenters. The van der Waals surface area contributed by atoms with Gasteiger partial charge in [-0.25, -0.2) is 0 Å². The van der Waals surface area contributed by atoms with Crippen molar-refractivity contribution < 1.29 is 9.59 Å². The Kier molecular flexibility index (Phi) is 6.74. The lowest BCUT2D eigenvalue weighted by Crippen LogP contribution is -2.25. The zero-order chi connectivity index (χ0) is 18.2. The highest BCUT2D eigenvalue weighted by Gasteiger charge is 2.14. The van der Waals surface area contributed by atoms with Crippen molar-refractivity contribution in [2.75, 3.05) is 11.9 Å². The molecule has 0 bridgehead atoms. The van der Waals surface area contributed by atoms with Gasteiger partial charge in [-0.05, 0) is 24.3 Å². The van der Waals surface area contributed by atoms with Crippen LogP contribution in [0.3, 0.4) is 0 Å². The lowest BCUT2D eigenvalue weighted by atomic mass is 10.1. The van der Waals surface area contributed by atoms with Crippen LogP contribution in [0.1, 0.15) is 42.7 Å². The number of nitrogens with zero attached hydrogens (tertiary/aromatic N) is 2. The number of aryl methyl sites for hydroxylation is 2. The van der Waals surface area contributed by atoms with Gasteiger partial charge in [0, 0.05) is 26.1 Å². The van der Waals surface area contributed by atoms with Gasteiger partial charge in [0.1, 0.15) is 5.82 Å². The molecule has 2 rings (SSSR count). The van der Waals surface area contributed by atoms with Crippen LogP contribution in [0, 0.1) is 5.92 Å². The molecule has 0 aliphatic rings. The number of carbonyl (C=O) groups is 2. The first-order chi connectivity index (χ1) is 12.0. The van der Waals surface area contributed by atoms with Crippen molar-refractivity contribution in [1.82, 2.24) is 15.1 Å². The molecule has 0 saturated heterocycles. The smallest absolute Gasteiger partial charge is 0.271 e. The number of nitrogens with one attached hydrogen (secondary N) is 2. The standard InChI is InChI=1S/C19H26N4O2/c1-14(2)11-12-20-19(25)16-13-17(23(3)22-16)21-18(24)10-9-15-7-5-4-6-8-15/h4-8,13-14H,9-12H2,1-3H3,(H,20,25)(H,21,24). The van der Waals surface area contributed by atoms with Crippen molar-refractivity contribution >= 4 is 17.6 Å². The van der Waals surface area contributed by atoms with Gasteiger partial charge in [-0.2, -0.15) is 5.10 Å². The van der Waals surface area contributed by atoms with Crippen LogP contribution in [0.15, 0.2) is 36.4 Å². The molecule has 0 atom stereocenters. The van der Waals surface area contributed by atoms with Crippen molar-refractivity contribution in [3.8, 4) is 0 Å². The van der Waals surface area contributed by atoms with E-state index in [0.29, 0.717) is 36.8 Å². The predicted octanol–water partition coefficient (Wildman–Crippen LogP) is 2.77. The van der Waals surface area contributed by atoms with E-state index in [9.17, 15) is 9.59 Å². The zero-order valence-electron chi connectivity index (χ0n) is 15.1. The quantitative estimate of drug-likeness (QED) is 0.774. The van der Waals surface area contributed by atoms with Crippen LogP contribution in [0.2, 0.25) is 0 Å². The molecule has 6 heteroatoms. The molecule has 0 fully saturated rings. The molecule has 25 heavy (non-hydrogen) atoms. The second kappa shape index (κ2) is 9.01. The van der Waals surface area contributed by atoms with Crippen molar-refractivity contribution in [3.63, 3.8) is 0 Å². The Morgan fingerprint density at radius 3 is 2.60 bits per heavy atom. The second-order valence-electron chi connectivity index (χ2n) is 6.51. The molecule has 0 radical (unpaired) electrons. The van der Waals surface area contributed by atoms with Crippen LogP contribution in [0.4, 0.5) is 5.82 Å². The molecule has 1 aromatic carbocycles. The van der Waals surface area contributed by atoms with Gasteiger partial charge in [0.2, 0.25) is 5.91 Å². The van der Waals surface area contributed by atoms with E-state index in [1.54, 1.807) is 13.1 Å². The molecule has 6 nitrogen and oxygen atoms in total. The van der Waals surface area contributed by atoms with Crippen molar-refractivity contribution in [1.29, 1.82) is 0 Å². The minimum Gasteiger partial charge on any atom is -0.351 e. The largest absolute Gasteiger partial charge is 0.351 e. The summed E-state index contributed by atoms with van der Waals surface area (Å²) in [5, 5.41) is 9.82. The molecule has 0 aliphatic carbocycles. The molecule has 2 aromatic rings. The molecule has 1 aromatic heterocycles. The maximum absolute atomic E-state index is 12.1. The average molecular weight is 342 g/mol. The van der Waals surface area contributed by atoms with Gasteiger partial charge in [0.15, 0.2) is 5.69 Å². The maximum atomic E-state index is 12.1. The molecule has 0 saturated carbocycles. The van der Waals surface area contributed by atoms with Crippen molar-refractivity contribution in [2.45, 2.75) is 33.1 Å². The van der Waals surface area contributed by atoms with E-state index in [4.69, 9.17) is 0 Å². The average Bonchev–Trinajstić information content (AvgIpc) is 2.94. The number of benzene rings is 1. The van der Waals surface area contributed by atoms with E-state index in [1.807, 2.05) is 30.3 Å². The zero-order valence-corrected chi connectivity index (χ0v) is 15.1. The Bertz CT molecular complexity index is 707. The lowest BCUT2D eigenvalue weighted by molar-refractivity contribution is -0.116. The number of amides is 2. The SMILES string of the molecule is CC(C)CCNC(=O)c1cc(NC(=O)CCc2ccccc2)n(C)n1. The third kappa shape index (κ3) is 6.06. The summed E-state index contributed by atoms with van der Waals surface area (Å²) in [5.41, 5.74) is 1.43. The molecular weight excluding hydrogens is 316 g/mol. The molecule has 134 valence electrons. The number of rotatable bonds is 8. The Hall–Kier alpha value is -2.63. The summed E-state index contributed by atoms with van der Waals surface area (Å²) in [4.78, 5) is 24.2. The summed E-state index contributed by atoms with van der Waals surface area (Å²) in [6.07, 6.45) is 1.97. The molecule has 2 N–H and O–H groups in total. The van der Waals surface area contributed by atoms with Gasteiger partial charge < -0.3 is 10.6 Å².